The monoisotopic (exact) mass is 636 g/mol. The lowest BCUT2D eigenvalue weighted by molar-refractivity contribution is -0.145. The first kappa shape index (κ1) is 40.4. The molecule has 0 aromatic rings. The molecule has 0 heterocycles. The molecular weight excluding hydrogens is 573 g/mol. The lowest BCUT2D eigenvalue weighted by Gasteiger charge is -2.38. The van der Waals surface area contributed by atoms with Crippen molar-refractivity contribution < 1.29 is 36.8 Å². The summed E-state index contributed by atoms with van der Waals surface area (Å²) in [5.41, 5.74) is 0. The molecular formula is C30H64O8Si3. The van der Waals surface area contributed by atoms with E-state index in [1.54, 1.807) is 0 Å². The van der Waals surface area contributed by atoms with Gasteiger partial charge in [-0.15, -0.1) is 0 Å². The molecule has 0 unspecified atom stereocenters. The maximum atomic E-state index is 11.9. The van der Waals surface area contributed by atoms with Crippen LogP contribution in [0.2, 0.25) is 51.4 Å². The quantitative estimate of drug-likeness (QED) is 0.0485. The Kier molecular flexibility index (Phi) is 23.5. The number of esters is 2. The van der Waals surface area contributed by atoms with Gasteiger partial charge in [-0.05, 0) is 70.6 Å². The molecule has 8 nitrogen and oxygen atoms in total. The molecule has 0 aliphatic carbocycles. The number of carbonyl (C=O) groups excluding carboxylic acids is 2. The summed E-state index contributed by atoms with van der Waals surface area (Å²) in [7, 11) is -6.04. The van der Waals surface area contributed by atoms with E-state index >= 15 is 0 Å². The largest absolute Gasteiger partial charge is 0.463 e. The topological polar surface area (TPSA) is 89.5 Å². The van der Waals surface area contributed by atoms with Crippen LogP contribution in [0.25, 0.3) is 0 Å². The molecule has 0 radical (unpaired) electrons. The molecule has 0 N–H and O–H groups in total. The standard InChI is InChI=1S/C30H64O8Si3/c1-9-10-11-12-13-14-15-16-17-20-30(32)36-26-24-34-22-19-28-40(5,6)38-41(7,8)37-39(3,4)27-18-21-33-23-25-35-29(2)31/h9-28H2,1-8H3. The minimum absolute atomic E-state index is 0.107. The lowest BCUT2D eigenvalue weighted by Crippen LogP contribution is -2.52. The number of unbranched alkanes of at least 4 members (excludes halogenated alkanes) is 8. The van der Waals surface area contributed by atoms with Gasteiger partial charge in [0, 0.05) is 26.6 Å². The van der Waals surface area contributed by atoms with Gasteiger partial charge in [0.15, 0.2) is 16.6 Å². The van der Waals surface area contributed by atoms with Crippen molar-refractivity contribution in [2.24, 2.45) is 0 Å². The average Bonchev–Trinajstić information content (AvgIpc) is 2.84. The van der Waals surface area contributed by atoms with Crippen LogP contribution in [0.3, 0.4) is 0 Å². The first-order valence-corrected chi connectivity index (χ1v) is 25.2. The molecule has 0 aliphatic rings. The number of hydrogen-bond donors (Lipinski definition) is 0. The zero-order chi connectivity index (χ0) is 31.0. The summed E-state index contributed by atoms with van der Waals surface area (Å²) >= 11 is 0. The number of rotatable bonds is 28. The Morgan fingerprint density at radius 2 is 0.976 bits per heavy atom. The number of carbonyl (C=O) groups is 2. The predicted molar refractivity (Wildman–Crippen MR) is 175 cm³/mol. The highest BCUT2D eigenvalue weighted by Gasteiger charge is 2.39. The van der Waals surface area contributed by atoms with Crippen molar-refractivity contribution >= 4 is 37.1 Å². The maximum absolute atomic E-state index is 11.9. The van der Waals surface area contributed by atoms with E-state index in [0.29, 0.717) is 46.1 Å². The summed E-state index contributed by atoms with van der Waals surface area (Å²) < 4.78 is 34.8. The maximum Gasteiger partial charge on any atom is 0.311 e. The van der Waals surface area contributed by atoms with Gasteiger partial charge < -0.3 is 27.2 Å². The van der Waals surface area contributed by atoms with E-state index in [0.717, 1.165) is 37.8 Å². The second kappa shape index (κ2) is 23.8. The second-order valence-corrected chi connectivity index (χ2v) is 25.2. The highest BCUT2D eigenvalue weighted by Crippen LogP contribution is 2.26. The lowest BCUT2D eigenvalue weighted by atomic mass is 10.1. The average molecular weight is 637 g/mol. The van der Waals surface area contributed by atoms with Crippen LogP contribution in [0.5, 0.6) is 0 Å². The Hall–Kier alpha value is -0.569. The molecule has 0 saturated carbocycles. The first-order valence-electron chi connectivity index (χ1n) is 16.1. The summed E-state index contributed by atoms with van der Waals surface area (Å²) in [5, 5.41) is 0. The molecule has 0 spiro atoms. The number of hydrogen-bond acceptors (Lipinski definition) is 8. The molecule has 0 aliphatic heterocycles. The molecule has 0 atom stereocenters. The summed E-state index contributed by atoms with van der Waals surface area (Å²) in [6.45, 7) is 19.8. The van der Waals surface area contributed by atoms with Crippen LogP contribution < -0.4 is 0 Å². The van der Waals surface area contributed by atoms with Crippen molar-refractivity contribution in [3.63, 3.8) is 0 Å². The third kappa shape index (κ3) is 28.0. The molecule has 0 aromatic carbocycles. The van der Waals surface area contributed by atoms with Gasteiger partial charge in [-0.25, -0.2) is 0 Å². The van der Waals surface area contributed by atoms with Crippen molar-refractivity contribution in [2.75, 3.05) is 39.6 Å². The van der Waals surface area contributed by atoms with Gasteiger partial charge in [-0.3, -0.25) is 9.59 Å². The van der Waals surface area contributed by atoms with E-state index in [2.05, 4.69) is 46.2 Å². The molecule has 0 saturated heterocycles. The normalized spacial score (nSPS) is 12.5. The second-order valence-electron chi connectivity index (χ2n) is 12.7. The van der Waals surface area contributed by atoms with E-state index in [-0.39, 0.29) is 11.9 Å². The Morgan fingerprint density at radius 1 is 0.537 bits per heavy atom. The number of ether oxygens (including phenoxy) is 4. The fraction of sp³-hybridized carbons (Fsp3) is 0.933. The van der Waals surface area contributed by atoms with Crippen LogP contribution in [0, 0.1) is 0 Å². The summed E-state index contributed by atoms with van der Waals surface area (Å²) in [6.07, 6.45) is 13.6. The molecule has 0 bridgehead atoms. The molecule has 244 valence electrons. The van der Waals surface area contributed by atoms with Crippen molar-refractivity contribution in [3.05, 3.63) is 0 Å². The third-order valence-electron chi connectivity index (χ3n) is 6.69. The van der Waals surface area contributed by atoms with Crippen molar-refractivity contribution in [3.8, 4) is 0 Å². The third-order valence-corrected chi connectivity index (χ3v) is 18.2. The molecule has 41 heavy (non-hydrogen) atoms. The Morgan fingerprint density at radius 3 is 1.44 bits per heavy atom. The van der Waals surface area contributed by atoms with Gasteiger partial charge >= 0.3 is 20.5 Å². The van der Waals surface area contributed by atoms with Crippen LogP contribution in [-0.2, 0) is 36.8 Å². The van der Waals surface area contributed by atoms with Gasteiger partial charge in [0.05, 0.1) is 13.2 Å². The molecule has 0 aromatic heterocycles. The minimum atomic E-state index is -2.26. The van der Waals surface area contributed by atoms with Gasteiger partial charge in [-0.1, -0.05) is 58.3 Å². The van der Waals surface area contributed by atoms with Crippen molar-refractivity contribution in [2.45, 2.75) is 142 Å². The molecule has 0 amide bonds. The van der Waals surface area contributed by atoms with E-state index in [9.17, 15) is 9.59 Å². The Bertz CT molecular complexity index is 674. The molecule has 11 heteroatoms. The van der Waals surface area contributed by atoms with Gasteiger partial charge in [0.2, 0.25) is 0 Å². The summed E-state index contributed by atoms with van der Waals surface area (Å²) in [4.78, 5) is 22.7. The smallest absolute Gasteiger partial charge is 0.311 e. The highest BCUT2D eigenvalue weighted by atomic mass is 28.5. The Balaban J connectivity index is 3.90. The van der Waals surface area contributed by atoms with Crippen molar-refractivity contribution in [1.29, 1.82) is 0 Å². The Labute approximate surface area is 255 Å². The van der Waals surface area contributed by atoms with E-state index in [1.165, 1.54) is 51.9 Å². The van der Waals surface area contributed by atoms with Crippen LogP contribution in [0.15, 0.2) is 0 Å². The molecule has 0 rings (SSSR count). The van der Waals surface area contributed by atoms with Gasteiger partial charge in [0.1, 0.15) is 13.2 Å². The van der Waals surface area contributed by atoms with E-state index in [1.807, 2.05) is 0 Å². The zero-order valence-electron chi connectivity index (χ0n) is 27.9. The predicted octanol–water partition coefficient (Wildman–Crippen LogP) is 7.97. The van der Waals surface area contributed by atoms with Crippen LogP contribution in [0.1, 0.15) is 90.9 Å². The van der Waals surface area contributed by atoms with E-state index in [4.69, 9.17) is 27.2 Å². The van der Waals surface area contributed by atoms with Gasteiger partial charge in [0.25, 0.3) is 0 Å². The fourth-order valence-corrected chi connectivity index (χ4v) is 19.0. The minimum Gasteiger partial charge on any atom is -0.463 e. The SMILES string of the molecule is CCCCCCCCCCCC(=O)OCCOCCC[Si](C)(C)O[Si](C)(C)O[Si](C)(C)CCCOCCOC(C)=O. The van der Waals surface area contributed by atoms with Gasteiger partial charge in [-0.2, -0.15) is 0 Å². The first-order chi connectivity index (χ1) is 19.3. The highest BCUT2D eigenvalue weighted by molar-refractivity contribution is 6.87. The van der Waals surface area contributed by atoms with E-state index < -0.39 is 25.2 Å². The fourth-order valence-electron chi connectivity index (χ4n) is 4.97. The molecule has 0 fully saturated rings. The summed E-state index contributed by atoms with van der Waals surface area (Å²) in [5.74, 6) is -0.386. The van der Waals surface area contributed by atoms with Crippen LogP contribution in [0.4, 0.5) is 0 Å². The van der Waals surface area contributed by atoms with Crippen LogP contribution >= 0.6 is 0 Å². The zero-order valence-corrected chi connectivity index (χ0v) is 30.9. The van der Waals surface area contributed by atoms with Crippen LogP contribution in [-0.4, -0.2) is 76.8 Å². The van der Waals surface area contributed by atoms with Crippen molar-refractivity contribution in [1.82, 2.24) is 0 Å². The summed E-state index contributed by atoms with van der Waals surface area (Å²) in [6, 6.07) is 2.00.